The Morgan fingerprint density at radius 3 is 2.33 bits per heavy atom. The second-order valence-corrected chi connectivity index (χ2v) is 4.68. The molecule has 5 heteroatoms. The van der Waals surface area contributed by atoms with E-state index in [1.54, 1.807) is 13.8 Å². The SMILES string of the molecule is Cc1cnc(C2=CC(F)(F)CCC2(F)F)cc1C. The summed E-state index contributed by atoms with van der Waals surface area (Å²) in [7, 11) is 0. The van der Waals surface area contributed by atoms with Crippen molar-refractivity contribution in [3.05, 3.63) is 35.2 Å². The van der Waals surface area contributed by atoms with Crippen LogP contribution < -0.4 is 0 Å². The van der Waals surface area contributed by atoms with Gasteiger partial charge in [-0.3, -0.25) is 4.98 Å². The third-order valence-corrected chi connectivity index (χ3v) is 3.17. The number of hydrogen-bond acceptors (Lipinski definition) is 1. The largest absolute Gasteiger partial charge is 0.275 e. The summed E-state index contributed by atoms with van der Waals surface area (Å²) in [5, 5.41) is 0. The Bertz CT molecular complexity index is 506. The Kier molecular flexibility index (Phi) is 2.95. The predicted octanol–water partition coefficient (Wildman–Crippen LogP) is 4.15. The second-order valence-electron chi connectivity index (χ2n) is 4.68. The molecule has 0 unspecified atom stereocenters. The summed E-state index contributed by atoms with van der Waals surface area (Å²) in [6.45, 7) is 3.52. The molecule has 0 atom stereocenters. The van der Waals surface area contributed by atoms with Crippen LogP contribution in [-0.4, -0.2) is 16.8 Å². The molecule has 0 saturated heterocycles. The summed E-state index contributed by atoms with van der Waals surface area (Å²) in [5.74, 6) is -6.42. The first-order chi connectivity index (χ1) is 8.21. The minimum Gasteiger partial charge on any atom is -0.256 e. The normalized spacial score (nSPS) is 21.6. The predicted molar refractivity (Wildman–Crippen MR) is 60.8 cm³/mol. The Hall–Kier alpha value is -1.39. The fourth-order valence-electron chi connectivity index (χ4n) is 1.88. The van der Waals surface area contributed by atoms with Crippen molar-refractivity contribution in [2.75, 3.05) is 0 Å². The van der Waals surface area contributed by atoms with E-state index in [9.17, 15) is 17.6 Å². The van der Waals surface area contributed by atoms with Crippen LogP contribution in [0.5, 0.6) is 0 Å². The zero-order valence-corrected chi connectivity index (χ0v) is 10.1. The summed E-state index contributed by atoms with van der Waals surface area (Å²) >= 11 is 0. The number of nitrogens with zero attached hydrogens (tertiary/aromatic N) is 1. The van der Waals surface area contributed by atoms with Gasteiger partial charge in [-0.1, -0.05) is 0 Å². The van der Waals surface area contributed by atoms with Gasteiger partial charge in [-0.25, -0.2) is 17.6 Å². The van der Waals surface area contributed by atoms with Crippen molar-refractivity contribution in [3.63, 3.8) is 0 Å². The molecule has 0 amide bonds. The maximum absolute atomic E-state index is 13.7. The second kappa shape index (κ2) is 4.07. The van der Waals surface area contributed by atoms with Crippen LogP contribution in [-0.2, 0) is 0 Å². The van der Waals surface area contributed by atoms with E-state index in [-0.39, 0.29) is 5.69 Å². The molecule has 98 valence electrons. The molecule has 0 bridgehead atoms. The third kappa shape index (κ3) is 2.40. The molecule has 1 aromatic heterocycles. The number of rotatable bonds is 1. The van der Waals surface area contributed by atoms with Gasteiger partial charge in [0.25, 0.3) is 11.8 Å². The average molecular weight is 259 g/mol. The highest BCUT2D eigenvalue weighted by molar-refractivity contribution is 5.70. The summed E-state index contributed by atoms with van der Waals surface area (Å²) in [6.07, 6.45) is 0.108. The van der Waals surface area contributed by atoms with E-state index >= 15 is 0 Å². The molecule has 0 radical (unpaired) electrons. The lowest BCUT2D eigenvalue weighted by Crippen LogP contribution is -2.30. The van der Waals surface area contributed by atoms with Crippen molar-refractivity contribution in [2.24, 2.45) is 0 Å². The Labute approximate surface area is 103 Å². The van der Waals surface area contributed by atoms with Crippen LogP contribution in [0.15, 0.2) is 18.3 Å². The molecule has 1 aliphatic carbocycles. The lowest BCUT2D eigenvalue weighted by molar-refractivity contribution is -0.0216. The van der Waals surface area contributed by atoms with E-state index in [1.165, 1.54) is 12.3 Å². The molecule has 1 aliphatic rings. The maximum Gasteiger partial charge on any atom is 0.275 e. The third-order valence-electron chi connectivity index (χ3n) is 3.17. The number of hydrogen-bond donors (Lipinski definition) is 0. The lowest BCUT2D eigenvalue weighted by Gasteiger charge is -2.28. The van der Waals surface area contributed by atoms with Crippen molar-refractivity contribution >= 4 is 5.57 Å². The number of aryl methyl sites for hydroxylation is 2. The van der Waals surface area contributed by atoms with Crippen molar-refractivity contribution in [1.29, 1.82) is 0 Å². The Balaban J connectivity index is 2.52. The molecule has 1 heterocycles. The minimum absolute atomic E-state index is 0.0672. The molecule has 1 aromatic rings. The fraction of sp³-hybridized carbons (Fsp3) is 0.462. The fourth-order valence-corrected chi connectivity index (χ4v) is 1.88. The van der Waals surface area contributed by atoms with Crippen molar-refractivity contribution in [1.82, 2.24) is 4.98 Å². The van der Waals surface area contributed by atoms with Gasteiger partial charge >= 0.3 is 0 Å². The highest BCUT2D eigenvalue weighted by Gasteiger charge is 2.46. The minimum atomic E-state index is -3.24. The first kappa shape index (κ1) is 13.1. The van der Waals surface area contributed by atoms with Gasteiger partial charge in [-0.15, -0.1) is 0 Å². The summed E-state index contributed by atoms with van der Waals surface area (Å²) in [4.78, 5) is 3.84. The molecule has 0 aliphatic heterocycles. The standard InChI is InChI=1S/C13H13F4N/c1-8-5-11(18-7-9(8)2)10-6-12(14,15)3-4-13(10,16)17/h5-7H,3-4H2,1-2H3. The van der Waals surface area contributed by atoms with Gasteiger partial charge in [0, 0.05) is 24.6 Å². The zero-order valence-electron chi connectivity index (χ0n) is 10.1. The molecule has 0 saturated carbocycles. The molecular weight excluding hydrogens is 246 g/mol. The van der Waals surface area contributed by atoms with Crippen LogP contribution >= 0.6 is 0 Å². The number of halogens is 4. The monoisotopic (exact) mass is 259 g/mol. The van der Waals surface area contributed by atoms with Crippen LogP contribution in [0.25, 0.3) is 5.57 Å². The van der Waals surface area contributed by atoms with E-state index < -0.39 is 30.3 Å². The van der Waals surface area contributed by atoms with Crippen LogP contribution in [0, 0.1) is 13.8 Å². The van der Waals surface area contributed by atoms with Gasteiger partial charge in [-0.05, 0) is 37.1 Å². The van der Waals surface area contributed by atoms with E-state index in [4.69, 9.17) is 0 Å². The van der Waals surface area contributed by atoms with Crippen LogP contribution in [0.2, 0.25) is 0 Å². The molecular formula is C13H13F4N. The van der Waals surface area contributed by atoms with Gasteiger partial charge in [0.1, 0.15) is 0 Å². The highest BCUT2D eigenvalue weighted by atomic mass is 19.3. The van der Waals surface area contributed by atoms with E-state index in [0.717, 1.165) is 11.1 Å². The lowest BCUT2D eigenvalue weighted by atomic mass is 9.90. The van der Waals surface area contributed by atoms with Crippen LogP contribution in [0.1, 0.15) is 29.7 Å². The molecule has 0 aromatic carbocycles. The maximum atomic E-state index is 13.7. The van der Waals surface area contributed by atoms with E-state index in [2.05, 4.69) is 4.98 Å². The van der Waals surface area contributed by atoms with Gasteiger partial charge in [0.2, 0.25) is 0 Å². The van der Waals surface area contributed by atoms with Crippen LogP contribution in [0.4, 0.5) is 17.6 Å². The van der Waals surface area contributed by atoms with Gasteiger partial charge < -0.3 is 0 Å². The topological polar surface area (TPSA) is 12.9 Å². The Morgan fingerprint density at radius 2 is 1.72 bits per heavy atom. The van der Waals surface area contributed by atoms with E-state index in [1.807, 2.05) is 0 Å². The summed E-state index contributed by atoms with van der Waals surface area (Å²) < 4.78 is 53.8. The van der Waals surface area contributed by atoms with Crippen molar-refractivity contribution < 1.29 is 17.6 Å². The molecule has 2 rings (SSSR count). The molecule has 0 spiro atoms. The number of aromatic nitrogens is 1. The van der Waals surface area contributed by atoms with Crippen LogP contribution in [0.3, 0.4) is 0 Å². The first-order valence-electron chi connectivity index (χ1n) is 5.64. The number of allylic oxidation sites excluding steroid dienone is 2. The molecule has 1 nitrogen and oxygen atoms in total. The van der Waals surface area contributed by atoms with Gasteiger partial charge in [0.15, 0.2) is 0 Å². The molecule has 0 N–H and O–H groups in total. The first-order valence-corrected chi connectivity index (χ1v) is 5.64. The average Bonchev–Trinajstić information content (AvgIpc) is 2.26. The number of alkyl halides is 4. The summed E-state index contributed by atoms with van der Waals surface area (Å²) in [6, 6.07) is 1.43. The molecule has 18 heavy (non-hydrogen) atoms. The Morgan fingerprint density at radius 1 is 1.06 bits per heavy atom. The zero-order chi connectivity index (χ0) is 13.6. The summed E-state index contributed by atoms with van der Waals surface area (Å²) in [5.41, 5.74) is 0.861. The smallest absolute Gasteiger partial charge is 0.256 e. The van der Waals surface area contributed by atoms with Gasteiger partial charge in [0.05, 0.1) is 5.69 Å². The highest BCUT2D eigenvalue weighted by Crippen LogP contribution is 2.45. The molecule has 0 fully saturated rings. The number of pyridine rings is 1. The van der Waals surface area contributed by atoms with Crippen molar-refractivity contribution in [2.45, 2.75) is 38.5 Å². The van der Waals surface area contributed by atoms with Crippen molar-refractivity contribution in [3.8, 4) is 0 Å². The quantitative estimate of drug-likeness (QED) is 0.690. The van der Waals surface area contributed by atoms with Gasteiger partial charge in [-0.2, -0.15) is 0 Å². The van der Waals surface area contributed by atoms with E-state index in [0.29, 0.717) is 6.08 Å².